The first kappa shape index (κ1) is 31.0. The Balaban J connectivity index is 0.00000226. The van der Waals surface area contributed by atoms with Crippen molar-refractivity contribution < 1.29 is 32.6 Å². The molecule has 4 aromatic rings. The second kappa shape index (κ2) is 13.7. The lowest BCUT2D eigenvalue weighted by atomic mass is 9.98. The highest BCUT2D eigenvalue weighted by atomic mass is 35.5. The Labute approximate surface area is 239 Å². The monoisotopic (exact) mass is 588 g/mol. The summed E-state index contributed by atoms with van der Waals surface area (Å²) in [5, 5.41) is 11.9. The SMILES string of the molecule is CC.N/C(=C(/CCc1ccc(OCC(=O)O)cc1)C(=O)Nc1nc2ccc(Cl)cc2[nH]1)c1ccc(C(F)(F)F)cc1. The summed E-state index contributed by atoms with van der Waals surface area (Å²) in [5.41, 5.74) is 7.85. The van der Waals surface area contributed by atoms with E-state index in [-0.39, 0.29) is 29.2 Å². The largest absolute Gasteiger partial charge is 0.482 e. The minimum atomic E-state index is -4.51. The average molecular weight is 589 g/mol. The minimum Gasteiger partial charge on any atom is -0.482 e. The molecule has 41 heavy (non-hydrogen) atoms. The number of ether oxygens (including phenoxy) is 1. The molecule has 0 aliphatic rings. The Morgan fingerprint density at radius 3 is 2.32 bits per heavy atom. The van der Waals surface area contributed by atoms with E-state index in [1.54, 1.807) is 42.5 Å². The van der Waals surface area contributed by atoms with Gasteiger partial charge >= 0.3 is 12.1 Å². The van der Waals surface area contributed by atoms with Crippen LogP contribution in [0.4, 0.5) is 19.1 Å². The predicted molar refractivity (Wildman–Crippen MR) is 152 cm³/mol. The highest BCUT2D eigenvalue weighted by Crippen LogP contribution is 2.30. The van der Waals surface area contributed by atoms with Gasteiger partial charge in [0.2, 0.25) is 5.95 Å². The molecule has 0 bridgehead atoms. The number of imidazole rings is 1. The number of hydrogen-bond donors (Lipinski definition) is 4. The van der Waals surface area contributed by atoms with E-state index in [9.17, 15) is 22.8 Å². The van der Waals surface area contributed by atoms with Crippen molar-refractivity contribution in [2.45, 2.75) is 32.9 Å². The van der Waals surface area contributed by atoms with Crippen molar-refractivity contribution in [2.75, 3.05) is 11.9 Å². The maximum atomic E-state index is 13.3. The lowest BCUT2D eigenvalue weighted by molar-refractivity contribution is -0.139. The number of anilines is 1. The van der Waals surface area contributed by atoms with E-state index >= 15 is 0 Å². The van der Waals surface area contributed by atoms with E-state index in [2.05, 4.69) is 15.3 Å². The van der Waals surface area contributed by atoms with Crippen molar-refractivity contribution in [1.82, 2.24) is 9.97 Å². The molecule has 1 heterocycles. The fraction of sp³-hybridized carbons (Fsp3) is 0.207. The maximum absolute atomic E-state index is 13.3. The molecule has 1 amide bonds. The number of nitrogens with two attached hydrogens (primary N) is 1. The van der Waals surface area contributed by atoms with Crippen LogP contribution >= 0.6 is 11.6 Å². The van der Waals surface area contributed by atoms with Gasteiger partial charge in [-0.05, 0) is 66.4 Å². The Bertz CT molecular complexity index is 1530. The average Bonchev–Trinajstić information content (AvgIpc) is 3.34. The molecule has 0 unspecified atom stereocenters. The number of alkyl halides is 3. The van der Waals surface area contributed by atoms with Crippen LogP contribution < -0.4 is 15.8 Å². The highest BCUT2D eigenvalue weighted by Gasteiger charge is 2.30. The molecular formula is C29H28ClF3N4O4. The summed E-state index contributed by atoms with van der Waals surface area (Å²) < 4.78 is 44.2. The molecule has 0 radical (unpaired) electrons. The third kappa shape index (κ3) is 8.49. The van der Waals surface area contributed by atoms with Crippen molar-refractivity contribution in [3.63, 3.8) is 0 Å². The molecule has 8 nitrogen and oxygen atoms in total. The van der Waals surface area contributed by atoms with Gasteiger partial charge in [-0.15, -0.1) is 0 Å². The number of hydrogen-bond acceptors (Lipinski definition) is 5. The van der Waals surface area contributed by atoms with Gasteiger partial charge in [0.25, 0.3) is 5.91 Å². The van der Waals surface area contributed by atoms with Crippen molar-refractivity contribution in [3.05, 3.63) is 94.0 Å². The zero-order valence-corrected chi connectivity index (χ0v) is 22.9. The first-order chi connectivity index (χ1) is 19.5. The first-order valence-corrected chi connectivity index (χ1v) is 12.9. The van der Waals surface area contributed by atoms with Crippen molar-refractivity contribution in [1.29, 1.82) is 0 Å². The number of aryl methyl sites for hydroxylation is 1. The number of rotatable bonds is 9. The van der Waals surface area contributed by atoms with Crippen LogP contribution in [-0.2, 0) is 22.2 Å². The maximum Gasteiger partial charge on any atom is 0.416 e. The van der Waals surface area contributed by atoms with E-state index in [1.165, 1.54) is 12.1 Å². The first-order valence-electron chi connectivity index (χ1n) is 12.6. The Kier molecular flexibility index (Phi) is 10.4. The summed E-state index contributed by atoms with van der Waals surface area (Å²) in [7, 11) is 0. The Morgan fingerprint density at radius 1 is 1.05 bits per heavy atom. The molecule has 0 saturated carbocycles. The molecule has 12 heteroatoms. The number of amides is 1. The van der Waals surface area contributed by atoms with Crippen LogP contribution in [0.1, 0.15) is 37.0 Å². The van der Waals surface area contributed by atoms with Gasteiger partial charge in [0, 0.05) is 16.3 Å². The van der Waals surface area contributed by atoms with Gasteiger partial charge in [-0.2, -0.15) is 13.2 Å². The van der Waals surface area contributed by atoms with Crippen LogP contribution in [0.15, 0.2) is 72.3 Å². The number of H-pyrrole nitrogens is 1. The van der Waals surface area contributed by atoms with Gasteiger partial charge in [-0.1, -0.05) is 49.7 Å². The zero-order valence-electron chi connectivity index (χ0n) is 22.2. The number of aromatic amines is 1. The Morgan fingerprint density at radius 2 is 1.71 bits per heavy atom. The van der Waals surface area contributed by atoms with Gasteiger partial charge in [-0.25, -0.2) is 9.78 Å². The summed E-state index contributed by atoms with van der Waals surface area (Å²) in [6.45, 7) is 3.52. The zero-order chi connectivity index (χ0) is 30.2. The van der Waals surface area contributed by atoms with E-state index in [4.69, 9.17) is 27.2 Å². The molecule has 0 fully saturated rings. The van der Waals surface area contributed by atoms with Gasteiger partial charge < -0.3 is 20.6 Å². The number of carbonyl (C=O) groups is 2. The highest BCUT2D eigenvalue weighted by molar-refractivity contribution is 6.31. The van der Waals surface area contributed by atoms with Crippen LogP contribution in [0.3, 0.4) is 0 Å². The summed E-state index contributed by atoms with van der Waals surface area (Å²) in [4.78, 5) is 31.3. The number of nitrogens with one attached hydrogen (secondary N) is 2. The van der Waals surface area contributed by atoms with Crippen molar-refractivity contribution in [3.8, 4) is 5.75 Å². The number of halogens is 4. The van der Waals surface area contributed by atoms with Crippen molar-refractivity contribution in [2.24, 2.45) is 5.73 Å². The topological polar surface area (TPSA) is 130 Å². The van der Waals surface area contributed by atoms with Gasteiger partial charge in [-0.3, -0.25) is 10.1 Å². The normalized spacial score (nSPS) is 11.8. The number of carbonyl (C=O) groups excluding carboxylic acids is 1. The fourth-order valence-electron chi connectivity index (χ4n) is 3.77. The Hall–Kier alpha value is -4.51. The number of aliphatic carboxylic acids is 1. The van der Waals surface area contributed by atoms with Crippen LogP contribution in [0.2, 0.25) is 5.02 Å². The quantitative estimate of drug-likeness (QED) is 0.162. The predicted octanol–water partition coefficient (Wildman–Crippen LogP) is 6.67. The number of nitrogens with zero attached hydrogens (tertiary/aromatic N) is 1. The van der Waals surface area contributed by atoms with E-state index in [0.29, 0.717) is 28.2 Å². The van der Waals surface area contributed by atoms with Crippen LogP contribution in [0.5, 0.6) is 5.75 Å². The molecule has 0 aliphatic heterocycles. The second-order valence-electron chi connectivity index (χ2n) is 8.49. The fourth-order valence-corrected chi connectivity index (χ4v) is 3.95. The number of fused-ring (bicyclic) bond motifs is 1. The third-order valence-electron chi connectivity index (χ3n) is 5.75. The number of carboxylic acid groups (broad SMARTS) is 1. The molecule has 0 spiro atoms. The lowest BCUT2D eigenvalue weighted by Crippen LogP contribution is -2.20. The molecular weight excluding hydrogens is 561 g/mol. The van der Waals surface area contributed by atoms with E-state index in [1.807, 2.05) is 13.8 Å². The molecule has 4 rings (SSSR count). The van der Waals surface area contributed by atoms with Crippen LogP contribution in [-0.4, -0.2) is 33.6 Å². The molecule has 0 saturated heterocycles. The second-order valence-corrected chi connectivity index (χ2v) is 8.93. The van der Waals surface area contributed by atoms with E-state index in [0.717, 1.165) is 17.7 Å². The third-order valence-corrected chi connectivity index (χ3v) is 5.98. The van der Waals surface area contributed by atoms with E-state index < -0.39 is 30.2 Å². The molecule has 216 valence electrons. The molecule has 1 aromatic heterocycles. The van der Waals surface area contributed by atoms with Gasteiger partial charge in [0.15, 0.2) is 6.61 Å². The lowest BCUT2D eigenvalue weighted by Gasteiger charge is -2.14. The standard InChI is InChI=1S/C27H22ClF3N4O4.C2H6/c28-18-8-12-21-22(13-18)34-26(33-21)35-25(38)20(24(32)16-4-6-17(7-5-16)27(29,30)31)11-3-15-1-9-19(10-2-15)39-14-23(36)37;1-2/h1-2,4-10,12-13H,3,11,14,32H2,(H,36,37)(H2,33,34,35,38);1-2H3/b24-20-;. The molecule has 5 N–H and O–H groups in total. The molecule has 3 aromatic carbocycles. The number of aromatic nitrogens is 2. The summed E-state index contributed by atoms with van der Waals surface area (Å²) >= 11 is 6.01. The summed E-state index contributed by atoms with van der Waals surface area (Å²) in [5.74, 6) is -1.18. The minimum absolute atomic E-state index is 0.0155. The van der Waals surface area contributed by atoms with Crippen molar-refractivity contribution >= 4 is 46.2 Å². The van der Waals surface area contributed by atoms with Gasteiger partial charge in [0.05, 0.1) is 16.6 Å². The smallest absolute Gasteiger partial charge is 0.416 e. The summed E-state index contributed by atoms with van der Waals surface area (Å²) in [6, 6.07) is 15.8. The molecule has 0 atom stereocenters. The van der Waals surface area contributed by atoms with Crippen LogP contribution in [0.25, 0.3) is 16.7 Å². The van der Waals surface area contributed by atoms with Crippen LogP contribution in [0, 0.1) is 0 Å². The van der Waals surface area contributed by atoms with Gasteiger partial charge in [0.1, 0.15) is 5.75 Å². The number of carboxylic acids is 1. The summed E-state index contributed by atoms with van der Waals surface area (Å²) in [6.07, 6.45) is -4.03. The molecule has 0 aliphatic carbocycles. The number of benzene rings is 3.